The molecule has 5 N–H and O–H groups in total. The van der Waals surface area contributed by atoms with Crippen LogP contribution in [0.1, 0.15) is 50.5 Å². The minimum absolute atomic E-state index is 0.0175. The van der Waals surface area contributed by atoms with Gasteiger partial charge < -0.3 is 31.2 Å². The number of fused-ring (bicyclic) bond motifs is 1. The van der Waals surface area contributed by atoms with Gasteiger partial charge in [-0.25, -0.2) is 0 Å². The number of carbonyl (C=O) groups is 4. The molecule has 210 valence electrons. The van der Waals surface area contributed by atoms with E-state index in [0.717, 1.165) is 74.5 Å². The smallest absolute Gasteiger partial charge is 0.245 e. The molecule has 1 aromatic carbocycles. The molecule has 3 heterocycles. The van der Waals surface area contributed by atoms with E-state index >= 15 is 0 Å². The van der Waals surface area contributed by atoms with Crippen LogP contribution in [0, 0.1) is 11.8 Å². The van der Waals surface area contributed by atoms with Crippen LogP contribution >= 0.6 is 0 Å². The van der Waals surface area contributed by atoms with Gasteiger partial charge in [-0.1, -0.05) is 37.5 Å². The molecule has 1 aliphatic carbocycles. The Kier molecular flexibility index (Phi) is 8.50. The van der Waals surface area contributed by atoms with Gasteiger partial charge in [0, 0.05) is 48.4 Å². The molecule has 0 bridgehead atoms. The molecule has 5 rings (SSSR count). The Morgan fingerprint density at radius 3 is 2.41 bits per heavy atom. The minimum Gasteiger partial charge on any atom is -0.368 e. The number of benzene rings is 1. The van der Waals surface area contributed by atoms with Gasteiger partial charge in [-0.05, 0) is 50.4 Å². The molecule has 10 heteroatoms. The summed E-state index contributed by atoms with van der Waals surface area (Å²) < 4.78 is 0. The molecule has 0 unspecified atom stereocenters. The monoisotopic (exact) mass is 536 g/mol. The normalized spacial score (nSPS) is 22.0. The number of nitrogens with zero attached hydrogens (tertiary/aromatic N) is 2. The molecule has 10 nitrogen and oxygen atoms in total. The van der Waals surface area contributed by atoms with Gasteiger partial charge in [0.15, 0.2) is 0 Å². The summed E-state index contributed by atoms with van der Waals surface area (Å²) in [6.07, 6.45) is 8.39. The zero-order valence-corrected chi connectivity index (χ0v) is 22.5. The van der Waals surface area contributed by atoms with Crippen LogP contribution < -0.4 is 16.4 Å². The number of aromatic amines is 1. The molecular weight excluding hydrogens is 496 g/mol. The number of hydrogen-bond donors (Lipinski definition) is 4. The van der Waals surface area contributed by atoms with Gasteiger partial charge in [-0.2, -0.15) is 0 Å². The Bertz CT molecular complexity index is 1200. The second-order valence-electron chi connectivity index (χ2n) is 11.2. The van der Waals surface area contributed by atoms with Gasteiger partial charge in [0.25, 0.3) is 0 Å². The average molecular weight is 537 g/mol. The first-order chi connectivity index (χ1) is 18.9. The van der Waals surface area contributed by atoms with Crippen LogP contribution in [-0.2, 0) is 25.6 Å². The summed E-state index contributed by atoms with van der Waals surface area (Å²) in [5.74, 6) is -1.22. The number of piperazine rings is 1. The predicted molar refractivity (Wildman–Crippen MR) is 147 cm³/mol. The lowest BCUT2D eigenvalue weighted by Crippen LogP contribution is -2.64. The first-order valence-corrected chi connectivity index (χ1v) is 14.4. The summed E-state index contributed by atoms with van der Waals surface area (Å²) in [5.41, 5.74) is 7.55. The largest absolute Gasteiger partial charge is 0.368 e. The number of hydrogen-bond acceptors (Lipinski definition) is 5. The summed E-state index contributed by atoms with van der Waals surface area (Å²) in [6, 6.07) is 5.94. The van der Waals surface area contributed by atoms with E-state index < -0.39 is 23.9 Å². The SMILES string of the molecule is NC(=O)[C@@H](Cc1c[nH]c2ccccc12)NC(=O)[C@H]1CN(C(=O)C2CCNCC2)CCN1C(=O)C1CCCCC1. The first-order valence-electron chi connectivity index (χ1n) is 14.4. The maximum Gasteiger partial charge on any atom is 0.245 e. The van der Waals surface area contributed by atoms with E-state index in [1.165, 1.54) is 0 Å². The zero-order valence-electron chi connectivity index (χ0n) is 22.5. The number of para-hydroxylation sites is 1. The minimum atomic E-state index is -0.946. The Labute approximate surface area is 229 Å². The molecule has 0 spiro atoms. The fourth-order valence-electron chi connectivity index (χ4n) is 6.39. The van der Waals surface area contributed by atoms with Gasteiger partial charge in [0.1, 0.15) is 12.1 Å². The molecule has 2 aromatic rings. The molecule has 2 saturated heterocycles. The van der Waals surface area contributed by atoms with E-state index in [0.29, 0.717) is 13.1 Å². The van der Waals surface area contributed by atoms with Crippen molar-refractivity contribution < 1.29 is 19.2 Å². The second kappa shape index (κ2) is 12.2. The molecule has 0 radical (unpaired) electrons. The number of nitrogens with one attached hydrogen (secondary N) is 3. The Morgan fingerprint density at radius 1 is 0.949 bits per heavy atom. The maximum absolute atomic E-state index is 13.8. The van der Waals surface area contributed by atoms with Crippen molar-refractivity contribution in [2.45, 2.75) is 63.5 Å². The molecule has 1 aromatic heterocycles. The van der Waals surface area contributed by atoms with Gasteiger partial charge in [-0.15, -0.1) is 0 Å². The molecule has 2 atom stereocenters. The number of amides is 4. The average Bonchev–Trinajstić information content (AvgIpc) is 3.39. The van der Waals surface area contributed by atoms with Crippen molar-refractivity contribution in [3.63, 3.8) is 0 Å². The van der Waals surface area contributed by atoms with Gasteiger partial charge in [0.2, 0.25) is 23.6 Å². The molecule has 39 heavy (non-hydrogen) atoms. The van der Waals surface area contributed by atoms with E-state index in [9.17, 15) is 19.2 Å². The summed E-state index contributed by atoms with van der Waals surface area (Å²) in [7, 11) is 0. The number of nitrogens with two attached hydrogens (primary N) is 1. The zero-order chi connectivity index (χ0) is 27.4. The molecule has 4 amide bonds. The predicted octanol–water partition coefficient (Wildman–Crippen LogP) is 1.30. The highest BCUT2D eigenvalue weighted by Crippen LogP contribution is 2.28. The van der Waals surface area contributed by atoms with E-state index in [2.05, 4.69) is 15.6 Å². The highest BCUT2D eigenvalue weighted by Gasteiger charge is 2.41. The highest BCUT2D eigenvalue weighted by molar-refractivity contribution is 5.94. The van der Waals surface area contributed by atoms with Crippen LogP contribution in [0.3, 0.4) is 0 Å². The van der Waals surface area contributed by atoms with Crippen LogP contribution in [-0.4, -0.2) is 83.2 Å². The lowest BCUT2D eigenvalue weighted by atomic mass is 9.87. The Balaban J connectivity index is 1.34. The lowest BCUT2D eigenvalue weighted by Gasteiger charge is -2.43. The lowest BCUT2D eigenvalue weighted by molar-refractivity contribution is -0.153. The summed E-state index contributed by atoms with van der Waals surface area (Å²) in [4.78, 5) is 59.8. The molecule has 2 aliphatic heterocycles. The van der Waals surface area contributed by atoms with Crippen molar-refractivity contribution in [1.29, 1.82) is 0 Å². The maximum atomic E-state index is 13.8. The van der Waals surface area contributed by atoms with Crippen LogP contribution in [0.5, 0.6) is 0 Å². The Morgan fingerprint density at radius 2 is 1.67 bits per heavy atom. The standard InChI is InChI=1S/C29H40N6O4/c30-26(36)24(16-21-17-32-23-9-5-4-8-22(21)23)33-27(37)25-18-34(28(38)20-10-12-31-13-11-20)14-15-35(25)29(39)19-6-2-1-3-7-19/h4-5,8-9,17,19-20,24-25,31-32H,1-3,6-7,10-16,18H2,(H2,30,36)(H,33,37)/t24-,25-/m1/s1. The number of primary amides is 1. The quantitative estimate of drug-likeness (QED) is 0.422. The van der Waals surface area contributed by atoms with E-state index in [4.69, 9.17) is 5.73 Å². The van der Waals surface area contributed by atoms with Crippen LogP contribution in [0.4, 0.5) is 0 Å². The summed E-state index contributed by atoms with van der Waals surface area (Å²) in [5, 5.41) is 7.09. The number of aromatic nitrogens is 1. The number of rotatable bonds is 7. The van der Waals surface area contributed by atoms with E-state index in [1.54, 1.807) is 9.80 Å². The van der Waals surface area contributed by atoms with Crippen molar-refractivity contribution >= 4 is 34.5 Å². The van der Waals surface area contributed by atoms with Crippen LogP contribution in [0.25, 0.3) is 10.9 Å². The van der Waals surface area contributed by atoms with E-state index in [-0.39, 0.29) is 36.6 Å². The van der Waals surface area contributed by atoms with Crippen molar-refractivity contribution in [1.82, 2.24) is 25.4 Å². The number of carbonyl (C=O) groups excluding carboxylic acids is 4. The molecule has 1 saturated carbocycles. The van der Waals surface area contributed by atoms with E-state index in [1.807, 2.05) is 30.5 Å². The van der Waals surface area contributed by atoms with Crippen molar-refractivity contribution in [2.24, 2.45) is 17.6 Å². The fourth-order valence-corrected chi connectivity index (χ4v) is 6.39. The molecular formula is C29H40N6O4. The van der Waals surface area contributed by atoms with Crippen molar-refractivity contribution in [3.05, 3.63) is 36.0 Å². The topological polar surface area (TPSA) is 141 Å². The van der Waals surface area contributed by atoms with Crippen LogP contribution in [0.2, 0.25) is 0 Å². The number of piperidine rings is 1. The molecule has 3 aliphatic rings. The second-order valence-corrected chi connectivity index (χ2v) is 11.2. The van der Waals surface area contributed by atoms with Crippen molar-refractivity contribution in [2.75, 3.05) is 32.7 Å². The van der Waals surface area contributed by atoms with Gasteiger partial charge in [-0.3, -0.25) is 19.2 Å². The third-order valence-corrected chi connectivity index (χ3v) is 8.68. The van der Waals surface area contributed by atoms with Crippen LogP contribution in [0.15, 0.2) is 30.5 Å². The third-order valence-electron chi connectivity index (χ3n) is 8.68. The highest BCUT2D eigenvalue weighted by atomic mass is 16.2. The summed E-state index contributed by atoms with van der Waals surface area (Å²) in [6.45, 7) is 2.46. The Hall–Kier alpha value is -3.40. The van der Waals surface area contributed by atoms with Gasteiger partial charge in [0.05, 0.1) is 6.54 Å². The third kappa shape index (κ3) is 6.11. The van der Waals surface area contributed by atoms with Gasteiger partial charge >= 0.3 is 0 Å². The summed E-state index contributed by atoms with van der Waals surface area (Å²) >= 11 is 0. The molecule has 3 fully saturated rings. The first kappa shape index (κ1) is 27.2. The fraction of sp³-hybridized carbons (Fsp3) is 0.586. The van der Waals surface area contributed by atoms with Crippen molar-refractivity contribution in [3.8, 4) is 0 Å². The number of H-pyrrole nitrogens is 1.